The molecule has 0 unspecified atom stereocenters. The van der Waals surface area contributed by atoms with E-state index in [0.717, 1.165) is 55.2 Å². The average molecular weight is 862 g/mol. The third-order valence-electron chi connectivity index (χ3n) is 14.6. The molecule has 0 aliphatic rings. The van der Waals surface area contributed by atoms with Crippen molar-refractivity contribution in [2.75, 3.05) is 0 Å². The van der Waals surface area contributed by atoms with Gasteiger partial charge in [0.2, 0.25) is 0 Å². The molecule has 0 radical (unpaired) electrons. The lowest BCUT2D eigenvalue weighted by atomic mass is 9.85. The zero-order valence-electron chi connectivity index (χ0n) is 36.9. The van der Waals surface area contributed by atoms with Crippen LogP contribution in [0.1, 0.15) is 0 Å². The van der Waals surface area contributed by atoms with Crippen molar-refractivity contribution in [1.29, 1.82) is 0 Å². The molecular formula is C65H39N3. The maximum atomic E-state index is 5.57. The van der Waals surface area contributed by atoms with Crippen LogP contribution >= 0.6 is 0 Å². The molecule has 0 amide bonds. The van der Waals surface area contributed by atoms with Crippen LogP contribution in [0.4, 0.5) is 0 Å². The van der Waals surface area contributed by atoms with Crippen molar-refractivity contribution in [3.63, 3.8) is 0 Å². The topological polar surface area (TPSA) is 22.8 Å². The van der Waals surface area contributed by atoms with Gasteiger partial charge in [0.05, 0.1) is 39.5 Å². The Morgan fingerprint density at radius 2 is 0.706 bits per heavy atom. The maximum Gasteiger partial charge on any atom is 0.0788 e. The minimum Gasteiger partial charge on any atom is -0.309 e. The molecule has 68 heavy (non-hydrogen) atoms. The van der Waals surface area contributed by atoms with Crippen LogP contribution in [0.5, 0.6) is 0 Å². The summed E-state index contributed by atoms with van der Waals surface area (Å²) < 4.78 is 4.88. The van der Waals surface area contributed by atoms with Crippen LogP contribution < -0.4 is 0 Å². The molecule has 0 spiro atoms. The summed E-state index contributed by atoms with van der Waals surface area (Å²) in [5.74, 6) is 0. The van der Waals surface area contributed by atoms with E-state index in [0.29, 0.717) is 0 Å². The Labute approximate surface area is 391 Å². The molecule has 12 aromatic carbocycles. The third kappa shape index (κ3) is 5.33. The van der Waals surface area contributed by atoms with Gasteiger partial charge in [0, 0.05) is 38.0 Å². The SMILES string of the molecule is c1ccc2cc(-c3c(-c4ccc5ccccc5c4)c4cc(-n5c6ccccc6c6c7ccccc7ccc65)cnc4c4ccc(-n5c6ccccc6c6c7ccccc7ccc65)cc34)ccc2c1. The van der Waals surface area contributed by atoms with Gasteiger partial charge in [-0.15, -0.1) is 0 Å². The number of pyridine rings is 1. The van der Waals surface area contributed by atoms with Crippen LogP contribution in [-0.4, -0.2) is 14.1 Å². The zero-order chi connectivity index (χ0) is 44.5. The van der Waals surface area contributed by atoms with E-state index in [1.54, 1.807) is 0 Å². The molecule has 0 saturated carbocycles. The lowest BCUT2D eigenvalue weighted by Gasteiger charge is -2.21. The number of fused-ring (bicyclic) bond motifs is 15. The van der Waals surface area contributed by atoms with Crippen LogP contribution in [0.3, 0.4) is 0 Å². The molecule has 3 heterocycles. The molecule has 0 saturated heterocycles. The van der Waals surface area contributed by atoms with Crippen molar-refractivity contribution in [2.45, 2.75) is 0 Å². The predicted octanol–water partition coefficient (Wildman–Crippen LogP) is 17.5. The summed E-state index contributed by atoms with van der Waals surface area (Å²) in [6.07, 6.45) is 2.09. The molecular weight excluding hydrogens is 823 g/mol. The number of aromatic nitrogens is 3. The summed E-state index contributed by atoms with van der Waals surface area (Å²) in [6, 6.07) is 85.1. The van der Waals surface area contributed by atoms with Gasteiger partial charge in [0.15, 0.2) is 0 Å². The van der Waals surface area contributed by atoms with E-state index in [4.69, 9.17) is 4.98 Å². The van der Waals surface area contributed by atoms with E-state index in [9.17, 15) is 0 Å². The molecule has 3 aromatic heterocycles. The molecule has 0 atom stereocenters. The molecule has 0 fully saturated rings. The van der Waals surface area contributed by atoms with E-state index < -0.39 is 0 Å². The van der Waals surface area contributed by atoms with Crippen molar-refractivity contribution in [3.8, 4) is 33.6 Å². The van der Waals surface area contributed by atoms with Gasteiger partial charge in [0.1, 0.15) is 0 Å². The summed E-state index contributed by atoms with van der Waals surface area (Å²) in [5, 5.41) is 18.2. The van der Waals surface area contributed by atoms with Gasteiger partial charge in [-0.05, 0) is 125 Å². The van der Waals surface area contributed by atoms with Gasteiger partial charge >= 0.3 is 0 Å². The van der Waals surface area contributed by atoms with Crippen LogP contribution in [0.25, 0.3) is 142 Å². The molecule has 0 aliphatic heterocycles. The molecule has 3 nitrogen and oxygen atoms in total. The minimum atomic E-state index is 0.974. The number of benzene rings is 12. The third-order valence-corrected chi connectivity index (χ3v) is 14.6. The highest BCUT2D eigenvalue weighted by Gasteiger charge is 2.23. The second-order valence-corrected chi connectivity index (χ2v) is 18.3. The highest BCUT2D eigenvalue weighted by atomic mass is 15.0. The first-order valence-corrected chi connectivity index (χ1v) is 23.4. The highest BCUT2D eigenvalue weighted by molar-refractivity contribution is 6.25. The second-order valence-electron chi connectivity index (χ2n) is 18.3. The van der Waals surface area contributed by atoms with Crippen LogP contribution in [0, 0.1) is 0 Å². The first-order chi connectivity index (χ1) is 33.7. The van der Waals surface area contributed by atoms with E-state index in [-0.39, 0.29) is 0 Å². The lowest BCUT2D eigenvalue weighted by Crippen LogP contribution is -2.00. The Morgan fingerprint density at radius 1 is 0.265 bits per heavy atom. The summed E-state index contributed by atoms with van der Waals surface area (Å²) in [6.45, 7) is 0. The predicted molar refractivity (Wildman–Crippen MR) is 289 cm³/mol. The van der Waals surface area contributed by atoms with E-state index >= 15 is 0 Å². The fraction of sp³-hybridized carbons (Fsp3) is 0. The first-order valence-electron chi connectivity index (χ1n) is 23.4. The first kappa shape index (κ1) is 37.2. The summed E-state index contributed by atoms with van der Waals surface area (Å²) in [5.41, 5.74) is 12.5. The Bertz CT molecular complexity index is 4330. The number of rotatable bonds is 4. The number of hydrogen-bond acceptors (Lipinski definition) is 1. The molecule has 0 N–H and O–H groups in total. The Morgan fingerprint density at radius 3 is 1.28 bits per heavy atom. The number of hydrogen-bond donors (Lipinski definition) is 0. The minimum absolute atomic E-state index is 0.974. The summed E-state index contributed by atoms with van der Waals surface area (Å²) in [7, 11) is 0. The molecule has 0 aliphatic carbocycles. The van der Waals surface area contributed by atoms with Crippen molar-refractivity contribution in [3.05, 3.63) is 237 Å². The summed E-state index contributed by atoms with van der Waals surface area (Å²) >= 11 is 0. The normalized spacial score (nSPS) is 12.1. The van der Waals surface area contributed by atoms with Crippen molar-refractivity contribution in [1.82, 2.24) is 14.1 Å². The number of para-hydroxylation sites is 2. The van der Waals surface area contributed by atoms with Gasteiger partial charge in [0.25, 0.3) is 0 Å². The molecule has 3 heteroatoms. The Kier molecular flexibility index (Phi) is 7.78. The van der Waals surface area contributed by atoms with E-state index in [1.807, 2.05) is 0 Å². The molecule has 15 rings (SSSR count). The Hall–Kier alpha value is -9.05. The zero-order valence-corrected chi connectivity index (χ0v) is 36.9. The quantitative estimate of drug-likeness (QED) is 0.162. The van der Waals surface area contributed by atoms with Crippen LogP contribution in [0.15, 0.2) is 237 Å². The van der Waals surface area contributed by atoms with Crippen LogP contribution in [0.2, 0.25) is 0 Å². The largest absolute Gasteiger partial charge is 0.309 e. The van der Waals surface area contributed by atoms with E-state index in [1.165, 1.54) is 86.8 Å². The average Bonchev–Trinajstić information content (AvgIpc) is 3.93. The van der Waals surface area contributed by atoms with Gasteiger partial charge in [-0.1, -0.05) is 176 Å². The molecule has 15 aromatic rings. The molecule has 314 valence electrons. The van der Waals surface area contributed by atoms with E-state index in [2.05, 4.69) is 246 Å². The van der Waals surface area contributed by atoms with Gasteiger partial charge < -0.3 is 9.13 Å². The fourth-order valence-electron chi connectivity index (χ4n) is 11.7. The van der Waals surface area contributed by atoms with Crippen molar-refractivity contribution >= 4 is 108 Å². The fourth-order valence-corrected chi connectivity index (χ4v) is 11.7. The number of nitrogens with zero attached hydrogens (tertiary/aromatic N) is 3. The highest BCUT2D eigenvalue weighted by Crippen LogP contribution is 2.48. The monoisotopic (exact) mass is 861 g/mol. The summed E-state index contributed by atoms with van der Waals surface area (Å²) in [4.78, 5) is 5.57. The van der Waals surface area contributed by atoms with Gasteiger partial charge in [-0.3, -0.25) is 4.98 Å². The van der Waals surface area contributed by atoms with Gasteiger partial charge in [-0.25, -0.2) is 0 Å². The van der Waals surface area contributed by atoms with Crippen molar-refractivity contribution in [2.24, 2.45) is 0 Å². The van der Waals surface area contributed by atoms with Gasteiger partial charge in [-0.2, -0.15) is 0 Å². The standard InChI is InChI=1S/C65H39N3/c1-3-17-44-35-46(27-25-40(44)13-1)61-55-37-48(67-57-23-11-9-21-53(57)63-50-19-7-5-15-42(50)29-33-59(63)67)31-32-52(55)65-56(62(61)47-28-26-41-14-2-4-18-45(41)36-47)38-49(39-66-65)68-58-24-12-10-22-54(58)64-51-20-8-6-16-43(51)30-34-60(64)68/h1-39H. The second kappa shape index (κ2) is 14.2. The molecule has 0 bridgehead atoms. The van der Waals surface area contributed by atoms with Crippen LogP contribution in [-0.2, 0) is 0 Å². The Balaban J connectivity index is 1.10. The maximum absolute atomic E-state index is 5.57. The van der Waals surface area contributed by atoms with Crippen molar-refractivity contribution < 1.29 is 0 Å². The smallest absolute Gasteiger partial charge is 0.0788 e. The lowest BCUT2D eigenvalue weighted by molar-refractivity contribution is 1.16.